The van der Waals surface area contributed by atoms with Crippen LogP contribution in [0.25, 0.3) is 11.4 Å². The van der Waals surface area contributed by atoms with Crippen LogP contribution in [-0.4, -0.2) is 14.5 Å². The molecule has 0 radical (unpaired) electrons. The molecule has 0 saturated carbocycles. The zero-order valence-electron chi connectivity index (χ0n) is 9.73. The third kappa shape index (κ3) is 1.80. The van der Waals surface area contributed by atoms with Crippen molar-refractivity contribution < 1.29 is 0 Å². The number of rotatable bonds is 1. The van der Waals surface area contributed by atoms with Gasteiger partial charge < -0.3 is 4.57 Å². The summed E-state index contributed by atoms with van der Waals surface area (Å²) in [7, 11) is 0. The Hall–Kier alpha value is -1.16. The molecule has 2 aromatic rings. The molecule has 1 aliphatic rings. The van der Waals surface area contributed by atoms with Crippen LogP contribution in [-0.2, 0) is 6.54 Å². The predicted molar refractivity (Wildman–Crippen MR) is 70.8 cm³/mol. The molecule has 0 amide bonds. The van der Waals surface area contributed by atoms with Crippen molar-refractivity contribution in [2.24, 2.45) is 0 Å². The van der Waals surface area contributed by atoms with Gasteiger partial charge in [-0.25, -0.2) is 4.98 Å². The molecule has 1 atom stereocenters. The molecule has 17 heavy (non-hydrogen) atoms. The van der Waals surface area contributed by atoms with Gasteiger partial charge >= 0.3 is 0 Å². The van der Waals surface area contributed by atoms with E-state index in [2.05, 4.69) is 37.4 Å². The maximum atomic E-state index is 4.66. The van der Waals surface area contributed by atoms with Crippen LogP contribution in [0.4, 0.5) is 0 Å². The van der Waals surface area contributed by atoms with E-state index in [1.54, 1.807) is 0 Å². The second-order valence-electron chi connectivity index (χ2n) is 4.54. The average Bonchev–Trinajstić information content (AvgIpc) is 2.69. The number of pyridine rings is 1. The van der Waals surface area contributed by atoms with Crippen molar-refractivity contribution in [3.05, 3.63) is 34.8 Å². The smallest absolute Gasteiger partial charge is 0.141 e. The Morgan fingerprint density at radius 3 is 2.88 bits per heavy atom. The molecule has 2 aromatic heterocycles. The molecule has 0 aliphatic carbocycles. The summed E-state index contributed by atoms with van der Waals surface area (Å²) in [6.07, 6.45) is 6.11. The largest absolute Gasteiger partial charge is 0.327 e. The molecular formula is C13H14BrN3. The first-order valence-electron chi connectivity index (χ1n) is 5.93. The Morgan fingerprint density at radius 2 is 2.12 bits per heavy atom. The molecule has 3 heterocycles. The number of hydrogen-bond donors (Lipinski definition) is 0. The lowest BCUT2D eigenvalue weighted by molar-refractivity contribution is 0.476. The first-order valence-corrected chi connectivity index (χ1v) is 6.73. The third-order valence-corrected chi connectivity index (χ3v) is 3.97. The first kappa shape index (κ1) is 11.0. The molecule has 4 heteroatoms. The number of fused-ring (bicyclic) bond motifs is 1. The first-order chi connectivity index (χ1) is 8.27. The Kier molecular flexibility index (Phi) is 2.74. The van der Waals surface area contributed by atoms with Crippen LogP contribution in [0.3, 0.4) is 0 Å². The standard InChI is InChI=1S/C13H14BrN3/c1-9-3-2-8-17-11(9)12(14)16-13(17)10-4-6-15-7-5-10/h4-7,9H,2-3,8H2,1H3. The summed E-state index contributed by atoms with van der Waals surface area (Å²) in [5.41, 5.74) is 2.48. The highest BCUT2D eigenvalue weighted by Crippen LogP contribution is 2.36. The summed E-state index contributed by atoms with van der Waals surface area (Å²) in [6, 6.07) is 4.03. The molecule has 0 N–H and O–H groups in total. The van der Waals surface area contributed by atoms with Crippen LogP contribution < -0.4 is 0 Å². The van der Waals surface area contributed by atoms with Gasteiger partial charge in [-0.3, -0.25) is 4.98 Å². The summed E-state index contributed by atoms with van der Waals surface area (Å²) < 4.78 is 3.34. The summed E-state index contributed by atoms with van der Waals surface area (Å²) in [5.74, 6) is 1.64. The lowest BCUT2D eigenvalue weighted by Gasteiger charge is -2.22. The maximum absolute atomic E-state index is 4.66. The van der Waals surface area contributed by atoms with E-state index in [-0.39, 0.29) is 0 Å². The third-order valence-electron chi connectivity index (χ3n) is 3.39. The van der Waals surface area contributed by atoms with Crippen LogP contribution in [0.5, 0.6) is 0 Å². The minimum absolute atomic E-state index is 0.584. The van der Waals surface area contributed by atoms with Gasteiger partial charge in [0.2, 0.25) is 0 Å². The monoisotopic (exact) mass is 291 g/mol. The molecular weight excluding hydrogens is 278 g/mol. The highest BCUT2D eigenvalue weighted by atomic mass is 79.9. The van der Waals surface area contributed by atoms with Crippen LogP contribution in [0.2, 0.25) is 0 Å². The average molecular weight is 292 g/mol. The lowest BCUT2D eigenvalue weighted by Crippen LogP contribution is -2.14. The highest BCUT2D eigenvalue weighted by molar-refractivity contribution is 9.10. The quantitative estimate of drug-likeness (QED) is 0.804. The summed E-state index contributed by atoms with van der Waals surface area (Å²) in [6.45, 7) is 3.34. The van der Waals surface area contributed by atoms with Gasteiger partial charge in [-0.15, -0.1) is 0 Å². The molecule has 3 nitrogen and oxygen atoms in total. The second kappa shape index (κ2) is 4.26. The molecule has 0 spiro atoms. The van der Waals surface area contributed by atoms with E-state index in [0.717, 1.165) is 22.5 Å². The van der Waals surface area contributed by atoms with Crippen molar-refractivity contribution in [3.63, 3.8) is 0 Å². The number of halogens is 1. The SMILES string of the molecule is CC1CCCn2c(-c3ccncc3)nc(Br)c21. The van der Waals surface area contributed by atoms with E-state index in [1.165, 1.54) is 18.5 Å². The normalized spacial score (nSPS) is 19.1. The summed E-state index contributed by atoms with van der Waals surface area (Å²) >= 11 is 3.59. The maximum Gasteiger partial charge on any atom is 0.141 e. The minimum Gasteiger partial charge on any atom is -0.327 e. The van der Waals surface area contributed by atoms with Gasteiger partial charge in [-0.05, 0) is 46.8 Å². The molecule has 1 unspecified atom stereocenters. The Labute approximate surface area is 109 Å². The van der Waals surface area contributed by atoms with Gasteiger partial charge in [0.15, 0.2) is 0 Å². The van der Waals surface area contributed by atoms with Crippen molar-refractivity contribution in [3.8, 4) is 11.4 Å². The number of imidazole rings is 1. The summed E-state index contributed by atoms with van der Waals surface area (Å²) in [4.78, 5) is 8.72. The zero-order valence-corrected chi connectivity index (χ0v) is 11.3. The van der Waals surface area contributed by atoms with Crippen LogP contribution in [0.1, 0.15) is 31.4 Å². The van der Waals surface area contributed by atoms with E-state index in [4.69, 9.17) is 0 Å². The Bertz CT molecular complexity index is 533. The van der Waals surface area contributed by atoms with Gasteiger partial charge in [0.05, 0.1) is 5.69 Å². The van der Waals surface area contributed by atoms with Crippen molar-refractivity contribution in [2.45, 2.75) is 32.2 Å². The lowest BCUT2D eigenvalue weighted by atomic mass is 9.98. The van der Waals surface area contributed by atoms with E-state index < -0.39 is 0 Å². The van der Waals surface area contributed by atoms with Gasteiger partial charge in [-0.2, -0.15) is 0 Å². The van der Waals surface area contributed by atoms with Crippen molar-refractivity contribution >= 4 is 15.9 Å². The van der Waals surface area contributed by atoms with Gasteiger partial charge in [0, 0.05) is 24.5 Å². The second-order valence-corrected chi connectivity index (χ2v) is 5.29. The van der Waals surface area contributed by atoms with Crippen molar-refractivity contribution in [1.82, 2.24) is 14.5 Å². The van der Waals surface area contributed by atoms with E-state index in [1.807, 2.05) is 24.5 Å². The Morgan fingerprint density at radius 1 is 1.35 bits per heavy atom. The molecule has 0 saturated heterocycles. The molecule has 0 fully saturated rings. The fourth-order valence-corrected chi connectivity index (χ4v) is 3.32. The van der Waals surface area contributed by atoms with E-state index >= 15 is 0 Å². The zero-order chi connectivity index (χ0) is 11.8. The molecule has 1 aliphatic heterocycles. The molecule has 88 valence electrons. The fraction of sp³-hybridized carbons (Fsp3) is 0.385. The van der Waals surface area contributed by atoms with Crippen molar-refractivity contribution in [2.75, 3.05) is 0 Å². The Balaban J connectivity index is 2.17. The molecule has 0 bridgehead atoms. The topological polar surface area (TPSA) is 30.7 Å². The highest BCUT2D eigenvalue weighted by Gasteiger charge is 2.24. The summed E-state index contributed by atoms with van der Waals surface area (Å²) in [5, 5.41) is 0. The van der Waals surface area contributed by atoms with Gasteiger partial charge in [0.25, 0.3) is 0 Å². The van der Waals surface area contributed by atoms with Gasteiger partial charge in [-0.1, -0.05) is 6.92 Å². The number of hydrogen-bond acceptors (Lipinski definition) is 2. The predicted octanol–water partition coefficient (Wildman–Crippen LogP) is 3.60. The van der Waals surface area contributed by atoms with Crippen LogP contribution in [0, 0.1) is 0 Å². The van der Waals surface area contributed by atoms with Crippen molar-refractivity contribution in [1.29, 1.82) is 0 Å². The minimum atomic E-state index is 0.584. The van der Waals surface area contributed by atoms with Crippen LogP contribution >= 0.6 is 15.9 Å². The molecule has 3 rings (SSSR count). The van der Waals surface area contributed by atoms with E-state index in [0.29, 0.717) is 5.92 Å². The van der Waals surface area contributed by atoms with E-state index in [9.17, 15) is 0 Å². The number of aromatic nitrogens is 3. The number of nitrogens with zero attached hydrogens (tertiary/aromatic N) is 3. The van der Waals surface area contributed by atoms with Crippen LogP contribution in [0.15, 0.2) is 29.1 Å². The fourth-order valence-electron chi connectivity index (χ4n) is 2.55. The molecule has 0 aromatic carbocycles. The van der Waals surface area contributed by atoms with Gasteiger partial charge in [0.1, 0.15) is 10.4 Å².